The molecule has 0 aliphatic heterocycles. The summed E-state index contributed by atoms with van der Waals surface area (Å²) >= 11 is -2.88. The van der Waals surface area contributed by atoms with Gasteiger partial charge in [-0.25, -0.2) is 0 Å². The normalized spacial score (nSPS) is 11.8. The third-order valence-electron chi connectivity index (χ3n) is 2.24. The number of halogens is 4. The van der Waals surface area contributed by atoms with Crippen molar-refractivity contribution in [1.82, 2.24) is 0 Å². The van der Waals surface area contributed by atoms with Gasteiger partial charge in [-0.1, -0.05) is 0 Å². The summed E-state index contributed by atoms with van der Waals surface area (Å²) in [6, 6.07) is 17.1. The predicted octanol–water partition coefficient (Wildman–Crippen LogP) is 4.25. The minimum atomic E-state index is -4.97. The Morgan fingerprint density at radius 1 is 0.850 bits per heavy atom. The van der Waals surface area contributed by atoms with Gasteiger partial charge in [0.15, 0.2) is 0 Å². The van der Waals surface area contributed by atoms with Crippen LogP contribution in [0.5, 0.6) is 0 Å². The second-order valence-electron chi connectivity index (χ2n) is 3.70. The Labute approximate surface area is 121 Å². The van der Waals surface area contributed by atoms with Gasteiger partial charge in [0.2, 0.25) is 0 Å². The quantitative estimate of drug-likeness (QED) is 0.728. The average molecular weight is 394 g/mol. The van der Waals surface area contributed by atoms with Gasteiger partial charge in [0.25, 0.3) is 0 Å². The predicted molar refractivity (Wildman–Crippen MR) is 76.4 cm³/mol. The molecule has 0 aromatic heterocycles. The van der Waals surface area contributed by atoms with Crippen molar-refractivity contribution in [3.8, 4) is 0 Å². The Bertz CT molecular complexity index is 530. The van der Waals surface area contributed by atoms with E-state index in [-0.39, 0.29) is 0 Å². The molecule has 106 valence electrons. The van der Waals surface area contributed by atoms with E-state index in [0.717, 1.165) is 0 Å². The van der Waals surface area contributed by atoms with Crippen LogP contribution < -0.4 is 0 Å². The summed E-state index contributed by atoms with van der Waals surface area (Å²) in [6.07, 6.45) is -4.97. The van der Waals surface area contributed by atoms with Gasteiger partial charge in [-0.2, -0.15) is 0 Å². The van der Waals surface area contributed by atoms with Crippen LogP contribution in [0, 0.1) is 7.14 Å². The summed E-state index contributed by atoms with van der Waals surface area (Å²) in [5, 5.41) is 0. The van der Waals surface area contributed by atoms with Crippen LogP contribution >= 0.6 is 20.2 Å². The number of hydrogen-bond acceptors (Lipinski definition) is 2. The monoisotopic (exact) mass is 394 g/mol. The molecule has 0 amide bonds. The van der Waals surface area contributed by atoms with E-state index in [1.165, 1.54) is 0 Å². The fourth-order valence-corrected chi connectivity index (χ4v) is 5.40. The molecule has 0 aliphatic carbocycles. The van der Waals surface area contributed by atoms with Gasteiger partial charge in [0.1, 0.15) is 0 Å². The van der Waals surface area contributed by atoms with Crippen molar-refractivity contribution < 1.29 is 21.0 Å². The SMILES string of the molecule is O=C(OI(c1ccccc1)c1ccccc1)C(F)(F)F. The van der Waals surface area contributed by atoms with E-state index < -0.39 is 32.4 Å². The number of hydrogen-bond donors (Lipinski definition) is 0. The fourth-order valence-electron chi connectivity index (χ4n) is 1.39. The molecule has 0 atom stereocenters. The van der Waals surface area contributed by atoms with Crippen molar-refractivity contribution in [1.29, 1.82) is 0 Å². The number of benzene rings is 2. The van der Waals surface area contributed by atoms with E-state index in [4.69, 9.17) is 3.07 Å². The zero-order valence-electron chi connectivity index (χ0n) is 10.1. The molecule has 0 radical (unpaired) electrons. The van der Waals surface area contributed by atoms with Gasteiger partial charge in [0.05, 0.1) is 0 Å². The first-order chi connectivity index (χ1) is 9.48. The molecule has 0 spiro atoms. The molecule has 2 aromatic rings. The second-order valence-corrected chi connectivity index (χ2v) is 8.05. The molecule has 0 unspecified atom stereocenters. The summed E-state index contributed by atoms with van der Waals surface area (Å²) in [4.78, 5) is 11.1. The Morgan fingerprint density at radius 2 is 1.25 bits per heavy atom. The molecule has 0 N–H and O–H groups in total. The first kappa shape index (κ1) is 14.8. The van der Waals surface area contributed by atoms with Gasteiger partial charge in [-0.05, 0) is 0 Å². The molecule has 2 rings (SSSR count). The third kappa shape index (κ3) is 3.72. The second kappa shape index (κ2) is 6.25. The summed E-state index contributed by atoms with van der Waals surface area (Å²) < 4.78 is 43.2. The van der Waals surface area contributed by atoms with E-state index in [9.17, 15) is 18.0 Å². The van der Waals surface area contributed by atoms with Crippen LogP contribution in [0.3, 0.4) is 0 Å². The standard InChI is InChI=1S/C14H10F3IO2/c15-14(16,17)13(19)20-18(11-7-3-1-4-8-11)12-9-5-2-6-10-12/h1-10H. The van der Waals surface area contributed by atoms with Crippen LogP contribution in [0.4, 0.5) is 13.2 Å². The minimum absolute atomic E-state index is 0.639. The first-order valence-electron chi connectivity index (χ1n) is 5.58. The van der Waals surface area contributed by atoms with E-state index in [0.29, 0.717) is 7.14 Å². The van der Waals surface area contributed by atoms with Crippen molar-refractivity contribution in [3.05, 3.63) is 67.8 Å². The Balaban J connectivity index is 2.34. The zero-order valence-corrected chi connectivity index (χ0v) is 12.3. The summed E-state index contributed by atoms with van der Waals surface area (Å²) in [6.45, 7) is 0. The maximum absolute atomic E-state index is 12.4. The Hall–Kier alpha value is -1.57. The van der Waals surface area contributed by atoms with Crippen LogP contribution in [0.15, 0.2) is 60.7 Å². The van der Waals surface area contributed by atoms with Crippen LogP contribution in [0.1, 0.15) is 0 Å². The molecule has 2 aromatic carbocycles. The van der Waals surface area contributed by atoms with Crippen molar-refractivity contribution in [2.45, 2.75) is 6.18 Å². The van der Waals surface area contributed by atoms with E-state index in [1.807, 2.05) is 0 Å². The van der Waals surface area contributed by atoms with Crippen LogP contribution in [-0.2, 0) is 7.86 Å². The third-order valence-corrected chi connectivity index (χ3v) is 6.78. The van der Waals surface area contributed by atoms with Crippen LogP contribution in [0.2, 0.25) is 0 Å². The molecule has 0 fully saturated rings. The first-order valence-corrected chi connectivity index (χ1v) is 8.62. The number of carbonyl (C=O) groups excluding carboxylic acids is 1. The topological polar surface area (TPSA) is 26.3 Å². The molecule has 2 nitrogen and oxygen atoms in total. The number of carbonyl (C=O) groups is 1. The van der Waals surface area contributed by atoms with Crippen LogP contribution in [0.25, 0.3) is 0 Å². The number of rotatable bonds is 3. The van der Waals surface area contributed by atoms with Gasteiger partial charge < -0.3 is 0 Å². The molecular formula is C14H10F3IO2. The maximum atomic E-state index is 12.4. The zero-order chi connectivity index (χ0) is 14.6. The molecule has 0 bridgehead atoms. The molecular weight excluding hydrogens is 384 g/mol. The molecule has 20 heavy (non-hydrogen) atoms. The van der Waals surface area contributed by atoms with E-state index in [1.54, 1.807) is 60.7 Å². The van der Waals surface area contributed by atoms with Crippen molar-refractivity contribution in [2.75, 3.05) is 0 Å². The van der Waals surface area contributed by atoms with Crippen molar-refractivity contribution in [2.24, 2.45) is 0 Å². The van der Waals surface area contributed by atoms with Gasteiger partial charge in [0, 0.05) is 0 Å². The molecule has 0 saturated heterocycles. The molecule has 0 aliphatic rings. The van der Waals surface area contributed by atoms with Gasteiger partial charge in [-0.15, -0.1) is 0 Å². The van der Waals surface area contributed by atoms with Crippen LogP contribution in [-0.4, -0.2) is 12.1 Å². The Kier molecular flexibility index (Phi) is 4.64. The Morgan fingerprint density at radius 3 is 1.60 bits per heavy atom. The fraction of sp³-hybridized carbons (Fsp3) is 0.0714. The average Bonchev–Trinajstić information content (AvgIpc) is 2.45. The molecule has 0 heterocycles. The summed E-state index contributed by atoms with van der Waals surface area (Å²) in [5.41, 5.74) is 0. The molecule has 0 saturated carbocycles. The van der Waals surface area contributed by atoms with E-state index in [2.05, 4.69) is 0 Å². The van der Waals surface area contributed by atoms with Crippen molar-refractivity contribution in [3.63, 3.8) is 0 Å². The van der Waals surface area contributed by atoms with E-state index >= 15 is 0 Å². The summed E-state index contributed by atoms with van der Waals surface area (Å²) in [7, 11) is 0. The summed E-state index contributed by atoms with van der Waals surface area (Å²) in [5.74, 6) is -2.13. The van der Waals surface area contributed by atoms with Gasteiger partial charge >= 0.3 is 121 Å². The van der Waals surface area contributed by atoms with Gasteiger partial charge in [-0.3, -0.25) is 0 Å². The van der Waals surface area contributed by atoms with Crippen molar-refractivity contribution >= 4 is 26.2 Å². The molecule has 6 heteroatoms. The number of alkyl halides is 3.